The highest BCUT2D eigenvalue weighted by atomic mass is 35.5. The van der Waals surface area contributed by atoms with Crippen molar-refractivity contribution in [2.24, 2.45) is 0 Å². The molecule has 0 aliphatic carbocycles. The van der Waals surface area contributed by atoms with Crippen LogP contribution in [0.2, 0.25) is 0 Å². The zero-order valence-corrected chi connectivity index (χ0v) is 14.9. The van der Waals surface area contributed by atoms with Crippen molar-refractivity contribution in [3.05, 3.63) is 64.1 Å². The maximum atomic E-state index is 9.75. The number of carbonyl (C=O) groups excluding carboxylic acids is 2. The lowest BCUT2D eigenvalue weighted by Crippen LogP contribution is -1.87. The molecule has 0 fully saturated rings. The summed E-state index contributed by atoms with van der Waals surface area (Å²) in [6.07, 6.45) is 2.20. The predicted molar refractivity (Wildman–Crippen MR) is 97.0 cm³/mol. The highest BCUT2D eigenvalue weighted by molar-refractivity contribution is 6.25. The van der Waals surface area contributed by atoms with E-state index in [0.717, 1.165) is 12.5 Å². The molecule has 7 heteroatoms. The van der Waals surface area contributed by atoms with E-state index in [-0.39, 0.29) is 36.8 Å². The minimum Gasteiger partial charge on any atom is -0.435 e. The molecule has 0 aromatic rings. The smallest absolute Gasteiger partial charge is 0.307 e. The highest BCUT2D eigenvalue weighted by Crippen LogP contribution is 1.70. The van der Waals surface area contributed by atoms with Crippen molar-refractivity contribution in [3.63, 3.8) is 0 Å². The first kappa shape index (κ1) is 42.7. The van der Waals surface area contributed by atoms with Crippen molar-refractivity contribution in [1.29, 1.82) is 0 Å². The molecule has 0 saturated heterocycles. The van der Waals surface area contributed by atoms with Crippen LogP contribution in [0.3, 0.4) is 0 Å². The largest absolute Gasteiger partial charge is 0.435 e. The fourth-order valence-electron chi connectivity index (χ4n) is 0.235. The van der Waals surface area contributed by atoms with E-state index < -0.39 is 0 Å². The summed E-state index contributed by atoms with van der Waals surface area (Å²) in [7, 11) is 0. The maximum absolute atomic E-state index is 9.75. The van der Waals surface area contributed by atoms with Gasteiger partial charge in [-0.1, -0.05) is 31.3 Å². The van der Waals surface area contributed by atoms with Crippen LogP contribution in [0.4, 0.5) is 0 Å². The van der Waals surface area contributed by atoms with Crippen LogP contribution in [0.25, 0.3) is 0 Å². The molecular formula is C14H25Cl3O4. The average Bonchev–Trinajstić information content (AvgIpc) is 2.35. The van der Waals surface area contributed by atoms with Gasteiger partial charge in [0.15, 0.2) is 0 Å². The van der Waals surface area contributed by atoms with E-state index in [2.05, 4.69) is 55.5 Å². The van der Waals surface area contributed by atoms with Crippen molar-refractivity contribution in [3.8, 4) is 0 Å². The molecule has 21 heavy (non-hydrogen) atoms. The molecule has 0 atom stereocenters. The standard InChI is InChI=1S/2C4H6O2.C2H3Cl.2C2H4.2ClH/c2*1-3-6-4(2)5;1-2-3;2*1-2;;/h2*3H,1H2,2H3;2H,1H2;2*1-2H2;2*1H. The molecule has 126 valence electrons. The second-order valence-corrected chi connectivity index (χ2v) is 2.02. The normalized spacial score (nSPS) is 4.90. The Morgan fingerprint density at radius 2 is 0.952 bits per heavy atom. The van der Waals surface area contributed by atoms with E-state index in [9.17, 15) is 9.59 Å². The Morgan fingerprint density at radius 3 is 0.952 bits per heavy atom. The molecule has 0 bridgehead atoms. The molecule has 0 unspecified atom stereocenters. The average molecular weight is 364 g/mol. The number of ether oxygens (including phenoxy) is 2. The molecule has 0 aromatic heterocycles. The van der Waals surface area contributed by atoms with Crippen LogP contribution in [0.1, 0.15) is 13.8 Å². The van der Waals surface area contributed by atoms with Crippen molar-refractivity contribution in [2.45, 2.75) is 13.8 Å². The minimum absolute atomic E-state index is 0. The molecule has 0 saturated carbocycles. The Balaban J connectivity index is -0.0000000247. The van der Waals surface area contributed by atoms with Gasteiger partial charge in [-0.05, 0) is 5.54 Å². The number of hydrogen-bond acceptors (Lipinski definition) is 4. The first-order valence-electron chi connectivity index (χ1n) is 4.73. The number of rotatable bonds is 2. The van der Waals surface area contributed by atoms with Crippen molar-refractivity contribution >= 4 is 48.4 Å². The Morgan fingerprint density at radius 1 is 0.810 bits per heavy atom. The number of hydrogen-bond donors (Lipinski definition) is 0. The van der Waals surface area contributed by atoms with Gasteiger partial charge in [0.1, 0.15) is 0 Å². The Labute approximate surface area is 145 Å². The summed E-state index contributed by atoms with van der Waals surface area (Å²) in [5, 5.41) is 0. The lowest BCUT2D eigenvalue weighted by atomic mass is 10.8. The first-order valence-corrected chi connectivity index (χ1v) is 5.17. The summed E-state index contributed by atoms with van der Waals surface area (Å²) in [4.78, 5) is 19.5. The van der Waals surface area contributed by atoms with Crippen molar-refractivity contribution < 1.29 is 19.1 Å². The van der Waals surface area contributed by atoms with Crippen LogP contribution in [0.15, 0.2) is 64.1 Å². The van der Waals surface area contributed by atoms with Crippen LogP contribution in [0.5, 0.6) is 0 Å². The van der Waals surface area contributed by atoms with Gasteiger partial charge in [0.25, 0.3) is 0 Å². The van der Waals surface area contributed by atoms with Gasteiger partial charge in [0, 0.05) is 13.8 Å². The van der Waals surface area contributed by atoms with Gasteiger partial charge < -0.3 is 9.47 Å². The van der Waals surface area contributed by atoms with E-state index in [1.807, 2.05) is 0 Å². The summed E-state index contributed by atoms with van der Waals surface area (Å²) in [6, 6.07) is 0. The van der Waals surface area contributed by atoms with E-state index in [4.69, 9.17) is 11.6 Å². The van der Waals surface area contributed by atoms with Gasteiger partial charge in [-0.25, -0.2) is 0 Å². The summed E-state index contributed by atoms with van der Waals surface area (Å²) < 4.78 is 8.33. The zero-order valence-electron chi connectivity index (χ0n) is 12.5. The summed E-state index contributed by atoms with van der Waals surface area (Å²) >= 11 is 4.76. The van der Waals surface area contributed by atoms with E-state index in [0.29, 0.717) is 0 Å². The lowest BCUT2D eigenvalue weighted by Gasteiger charge is -1.83. The van der Waals surface area contributed by atoms with Crippen LogP contribution in [-0.2, 0) is 19.1 Å². The third kappa shape index (κ3) is 248. The van der Waals surface area contributed by atoms with Gasteiger partial charge >= 0.3 is 11.9 Å². The molecular weight excluding hydrogens is 339 g/mol. The van der Waals surface area contributed by atoms with Crippen LogP contribution in [0, 0.1) is 0 Å². The predicted octanol–water partition coefficient (Wildman–Crippen LogP) is 5.20. The van der Waals surface area contributed by atoms with Crippen LogP contribution >= 0.6 is 36.4 Å². The fourth-order valence-corrected chi connectivity index (χ4v) is 0.235. The molecule has 0 N–H and O–H groups in total. The van der Waals surface area contributed by atoms with E-state index >= 15 is 0 Å². The molecule has 0 heterocycles. The SMILES string of the molecule is C=C.C=C.C=CCl.C=COC(C)=O.C=COC(C)=O.Cl.Cl. The van der Waals surface area contributed by atoms with E-state index in [1.165, 1.54) is 19.4 Å². The summed E-state index contributed by atoms with van der Waals surface area (Å²) in [5.41, 5.74) is 1.22. The monoisotopic (exact) mass is 362 g/mol. The number of halogens is 3. The molecule has 0 aliphatic rings. The van der Waals surface area contributed by atoms with Gasteiger partial charge in [-0.3, -0.25) is 9.59 Å². The summed E-state index contributed by atoms with van der Waals surface area (Å²) in [5.74, 6) is -0.657. The third-order valence-corrected chi connectivity index (χ3v) is 0.499. The molecule has 4 nitrogen and oxygen atoms in total. The van der Waals surface area contributed by atoms with Crippen LogP contribution < -0.4 is 0 Å². The molecule has 0 aromatic carbocycles. The van der Waals surface area contributed by atoms with Gasteiger partial charge in [0.05, 0.1) is 12.5 Å². The zero-order chi connectivity index (χ0) is 16.7. The number of esters is 2. The second kappa shape index (κ2) is 62.8. The topological polar surface area (TPSA) is 52.6 Å². The maximum Gasteiger partial charge on any atom is 0.307 e. The fraction of sp³-hybridized carbons (Fsp3) is 0.143. The molecule has 0 aliphatic heterocycles. The third-order valence-electron chi connectivity index (χ3n) is 0.499. The minimum atomic E-state index is -0.329. The molecule has 0 rings (SSSR count). The van der Waals surface area contributed by atoms with E-state index in [1.54, 1.807) is 0 Å². The quantitative estimate of drug-likeness (QED) is 0.384. The molecule has 0 spiro atoms. The molecule has 0 radical (unpaired) electrons. The summed E-state index contributed by atoms with van der Waals surface area (Å²) in [6.45, 7) is 24.1. The Hall–Kier alpha value is -1.49. The Bertz CT molecular complexity index is 222. The first-order chi connectivity index (χ1) is 8.95. The van der Waals surface area contributed by atoms with Gasteiger partial charge in [-0.2, -0.15) is 0 Å². The Kier molecular flexibility index (Phi) is 128. The van der Waals surface area contributed by atoms with Crippen molar-refractivity contribution in [2.75, 3.05) is 0 Å². The number of carbonyl (C=O) groups is 2. The second-order valence-electron chi connectivity index (χ2n) is 1.71. The highest BCUT2D eigenvalue weighted by Gasteiger charge is 1.79. The van der Waals surface area contributed by atoms with Gasteiger partial charge in [-0.15, -0.1) is 51.1 Å². The lowest BCUT2D eigenvalue weighted by molar-refractivity contribution is -0.136. The molecule has 0 amide bonds. The van der Waals surface area contributed by atoms with Crippen molar-refractivity contribution in [1.82, 2.24) is 0 Å². The van der Waals surface area contributed by atoms with Crippen LogP contribution in [-0.4, -0.2) is 11.9 Å². The van der Waals surface area contributed by atoms with Gasteiger partial charge in [0.2, 0.25) is 0 Å².